The van der Waals surface area contributed by atoms with Crippen LogP contribution < -0.4 is 19.7 Å². The van der Waals surface area contributed by atoms with Gasteiger partial charge in [-0.1, -0.05) is 24.3 Å². The van der Waals surface area contributed by atoms with Crippen LogP contribution in [-0.4, -0.2) is 31.1 Å². The molecule has 3 aromatic carbocycles. The second-order valence-corrected chi connectivity index (χ2v) is 7.14. The zero-order chi connectivity index (χ0) is 23.5. The van der Waals surface area contributed by atoms with Crippen LogP contribution in [0.15, 0.2) is 60.2 Å². The lowest BCUT2D eigenvalue weighted by Crippen LogP contribution is -2.54. The van der Waals surface area contributed by atoms with E-state index < -0.39 is 23.7 Å². The van der Waals surface area contributed by atoms with Gasteiger partial charge >= 0.3 is 6.03 Å². The van der Waals surface area contributed by atoms with E-state index in [0.29, 0.717) is 40.6 Å². The van der Waals surface area contributed by atoms with E-state index in [2.05, 4.69) is 5.32 Å². The van der Waals surface area contributed by atoms with E-state index >= 15 is 0 Å². The molecule has 1 fully saturated rings. The van der Waals surface area contributed by atoms with Crippen molar-refractivity contribution in [2.75, 3.05) is 18.1 Å². The number of halogens is 1. The molecule has 1 aliphatic heterocycles. The summed E-state index contributed by atoms with van der Waals surface area (Å²) in [6, 6.07) is 13.4. The molecule has 0 bridgehead atoms. The van der Waals surface area contributed by atoms with Crippen LogP contribution in [0.3, 0.4) is 0 Å². The number of para-hydroxylation sites is 1. The fourth-order valence-electron chi connectivity index (χ4n) is 3.64. The minimum absolute atomic E-state index is 0.250. The first-order valence-corrected chi connectivity index (χ1v) is 10.4. The fourth-order valence-corrected chi connectivity index (χ4v) is 3.64. The van der Waals surface area contributed by atoms with E-state index in [0.717, 1.165) is 11.5 Å². The first-order valence-electron chi connectivity index (χ1n) is 10.4. The first-order chi connectivity index (χ1) is 15.9. The Kier molecular flexibility index (Phi) is 6.08. The number of nitrogens with zero attached hydrogens (tertiary/aromatic N) is 1. The van der Waals surface area contributed by atoms with E-state index in [-0.39, 0.29) is 11.3 Å². The van der Waals surface area contributed by atoms with Gasteiger partial charge < -0.3 is 9.47 Å². The molecular formula is C25H21FN2O5. The zero-order valence-corrected chi connectivity index (χ0v) is 18.1. The summed E-state index contributed by atoms with van der Waals surface area (Å²) in [5.74, 6) is -1.52. The number of rotatable bonds is 6. The average molecular weight is 448 g/mol. The highest BCUT2D eigenvalue weighted by molar-refractivity contribution is 6.39. The number of nitrogens with one attached hydrogen (secondary N) is 1. The molecule has 0 aromatic heterocycles. The molecule has 4 rings (SSSR count). The molecule has 1 saturated heterocycles. The maximum atomic E-state index is 14.3. The minimum Gasteiger partial charge on any atom is -0.494 e. The zero-order valence-electron chi connectivity index (χ0n) is 18.1. The van der Waals surface area contributed by atoms with Crippen LogP contribution in [0.2, 0.25) is 0 Å². The van der Waals surface area contributed by atoms with Gasteiger partial charge in [0, 0.05) is 5.56 Å². The number of carbonyl (C=O) groups is 3. The molecule has 33 heavy (non-hydrogen) atoms. The first kappa shape index (κ1) is 22.0. The number of benzene rings is 3. The lowest BCUT2D eigenvalue weighted by atomic mass is 9.99. The quantitative estimate of drug-likeness (QED) is 0.445. The summed E-state index contributed by atoms with van der Waals surface area (Å²) in [6.45, 7) is 4.50. The smallest absolute Gasteiger partial charge is 0.336 e. The Morgan fingerprint density at radius 2 is 1.70 bits per heavy atom. The van der Waals surface area contributed by atoms with Crippen molar-refractivity contribution in [2.45, 2.75) is 13.8 Å². The lowest BCUT2D eigenvalue weighted by Gasteiger charge is -2.26. The molecule has 8 heteroatoms. The molecule has 0 spiro atoms. The Hall–Kier alpha value is -4.20. The third-order valence-corrected chi connectivity index (χ3v) is 5.09. The second-order valence-electron chi connectivity index (χ2n) is 7.14. The molecule has 1 heterocycles. The number of fused-ring (bicyclic) bond motifs is 1. The van der Waals surface area contributed by atoms with Crippen LogP contribution in [0.25, 0.3) is 16.8 Å². The highest BCUT2D eigenvalue weighted by Crippen LogP contribution is 2.34. The molecule has 7 nitrogen and oxygen atoms in total. The van der Waals surface area contributed by atoms with Crippen molar-refractivity contribution in [3.63, 3.8) is 0 Å². The summed E-state index contributed by atoms with van der Waals surface area (Å²) in [5, 5.41) is 3.64. The van der Waals surface area contributed by atoms with Crippen LogP contribution in [0.4, 0.5) is 14.9 Å². The third kappa shape index (κ3) is 4.15. The SMILES string of the molecule is CCOc1ccc2ccc(OCC)c(/C=C3\C(=O)NC(=O)N(c4ccccc4F)C3=O)c2c1. The Balaban J connectivity index is 1.89. The number of amides is 4. The van der Waals surface area contributed by atoms with Gasteiger partial charge in [0.25, 0.3) is 11.8 Å². The number of hydrogen-bond acceptors (Lipinski definition) is 5. The van der Waals surface area contributed by atoms with Crippen molar-refractivity contribution >= 4 is 40.4 Å². The van der Waals surface area contributed by atoms with Gasteiger partial charge in [0.05, 0.1) is 18.9 Å². The van der Waals surface area contributed by atoms with E-state index in [1.807, 2.05) is 32.0 Å². The van der Waals surface area contributed by atoms with Crippen molar-refractivity contribution in [1.82, 2.24) is 5.32 Å². The van der Waals surface area contributed by atoms with Crippen molar-refractivity contribution in [3.05, 3.63) is 71.6 Å². The highest BCUT2D eigenvalue weighted by atomic mass is 19.1. The topological polar surface area (TPSA) is 84.9 Å². The molecule has 168 valence electrons. The third-order valence-electron chi connectivity index (χ3n) is 5.09. The van der Waals surface area contributed by atoms with E-state index in [1.54, 1.807) is 12.1 Å². The van der Waals surface area contributed by atoms with Crippen LogP contribution in [0.5, 0.6) is 11.5 Å². The van der Waals surface area contributed by atoms with Crippen LogP contribution in [-0.2, 0) is 9.59 Å². The van der Waals surface area contributed by atoms with Gasteiger partial charge in [-0.05, 0) is 61.0 Å². The van der Waals surface area contributed by atoms with E-state index in [9.17, 15) is 18.8 Å². The van der Waals surface area contributed by atoms with Crippen molar-refractivity contribution in [2.24, 2.45) is 0 Å². The molecule has 0 saturated carbocycles. The van der Waals surface area contributed by atoms with Crippen LogP contribution in [0, 0.1) is 5.82 Å². The minimum atomic E-state index is -1.02. The second kappa shape index (κ2) is 9.12. The lowest BCUT2D eigenvalue weighted by molar-refractivity contribution is -0.122. The van der Waals surface area contributed by atoms with Gasteiger partial charge in [0.15, 0.2) is 0 Å². The number of urea groups is 1. The molecular weight excluding hydrogens is 427 g/mol. The predicted molar refractivity (Wildman–Crippen MR) is 122 cm³/mol. The average Bonchev–Trinajstić information content (AvgIpc) is 2.79. The Bertz CT molecular complexity index is 1300. The van der Waals surface area contributed by atoms with Gasteiger partial charge in [0.2, 0.25) is 0 Å². The molecule has 0 aliphatic carbocycles. The van der Waals surface area contributed by atoms with Gasteiger partial charge in [-0.3, -0.25) is 14.9 Å². The van der Waals surface area contributed by atoms with Crippen molar-refractivity contribution < 1.29 is 28.2 Å². The standard InChI is InChI=1S/C25H21FN2O5/c1-3-32-16-11-9-15-10-12-22(33-4-2)18(17(15)13-16)14-19-23(29)27-25(31)28(24(19)30)21-8-6-5-7-20(21)26/h5-14H,3-4H2,1-2H3,(H,27,29,31)/b19-14+. The number of hydrogen-bond donors (Lipinski definition) is 1. The largest absolute Gasteiger partial charge is 0.494 e. The highest BCUT2D eigenvalue weighted by Gasteiger charge is 2.38. The Labute approximate surface area is 189 Å². The Morgan fingerprint density at radius 1 is 0.970 bits per heavy atom. The Morgan fingerprint density at radius 3 is 2.42 bits per heavy atom. The fraction of sp³-hybridized carbons (Fsp3) is 0.160. The summed E-state index contributed by atoms with van der Waals surface area (Å²) in [5.41, 5.74) is -0.106. The molecule has 4 amide bonds. The number of ether oxygens (including phenoxy) is 2. The molecule has 0 unspecified atom stereocenters. The molecule has 3 aromatic rings. The predicted octanol–water partition coefficient (Wildman–Crippen LogP) is 4.44. The van der Waals surface area contributed by atoms with Crippen molar-refractivity contribution in [3.8, 4) is 11.5 Å². The normalized spacial score (nSPS) is 15.2. The van der Waals surface area contributed by atoms with Gasteiger partial charge in [0.1, 0.15) is 22.9 Å². The molecule has 1 N–H and O–H groups in total. The molecule has 1 aliphatic rings. The van der Waals surface area contributed by atoms with Crippen LogP contribution >= 0.6 is 0 Å². The van der Waals surface area contributed by atoms with Crippen LogP contribution in [0.1, 0.15) is 19.4 Å². The molecule has 0 atom stereocenters. The molecule has 0 radical (unpaired) electrons. The van der Waals surface area contributed by atoms with Gasteiger partial charge in [-0.2, -0.15) is 0 Å². The van der Waals surface area contributed by atoms with Crippen molar-refractivity contribution in [1.29, 1.82) is 0 Å². The van der Waals surface area contributed by atoms with E-state index in [4.69, 9.17) is 9.47 Å². The van der Waals surface area contributed by atoms with Gasteiger partial charge in [-0.25, -0.2) is 14.1 Å². The summed E-state index contributed by atoms with van der Waals surface area (Å²) in [4.78, 5) is 38.9. The monoisotopic (exact) mass is 448 g/mol. The summed E-state index contributed by atoms with van der Waals surface area (Å²) >= 11 is 0. The summed E-state index contributed by atoms with van der Waals surface area (Å²) in [6.07, 6.45) is 1.36. The number of carbonyl (C=O) groups excluding carboxylic acids is 3. The summed E-state index contributed by atoms with van der Waals surface area (Å²) in [7, 11) is 0. The summed E-state index contributed by atoms with van der Waals surface area (Å²) < 4.78 is 25.7. The maximum Gasteiger partial charge on any atom is 0.336 e. The maximum absolute atomic E-state index is 14.3. The number of imide groups is 2. The van der Waals surface area contributed by atoms with Gasteiger partial charge in [-0.15, -0.1) is 0 Å². The van der Waals surface area contributed by atoms with E-state index in [1.165, 1.54) is 24.3 Å². The number of barbiturate groups is 1. The number of anilines is 1.